The van der Waals surface area contributed by atoms with Gasteiger partial charge >= 0.3 is 0 Å². The fourth-order valence-corrected chi connectivity index (χ4v) is 2.99. The predicted molar refractivity (Wildman–Crippen MR) is 92.4 cm³/mol. The molecule has 0 radical (unpaired) electrons. The van der Waals surface area contributed by atoms with Crippen molar-refractivity contribution in [1.29, 1.82) is 0 Å². The van der Waals surface area contributed by atoms with Crippen molar-refractivity contribution >= 4 is 38.4 Å². The highest BCUT2D eigenvalue weighted by Crippen LogP contribution is 2.39. The molecule has 3 aromatic rings. The molecule has 0 aliphatic rings. The van der Waals surface area contributed by atoms with E-state index in [0.717, 1.165) is 15.6 Å². The second-order valence-corrected chi connectivity index (χ2v) is 6.22. The highest BCUT2D eigenvalue weighted by Gasteiger charge is 2.14. The number of rotatable bonds is 2. The molecule has 0 unspecified atom stereocenters. The first-order valence-electron chi connectivity index (χ1n) is 6.99. The van der Waals surface area contributed by atoms with Crippen LogP contribution in [0.25, 0.3) is 10.9 Å². The van der Waals surface area contributed by atoms with Crippen LogP contribution in [0.1, 0.15) is 21.5 Å². The number of aromatic hydroxyl groups is 1. The van der Waals surface area contributed by atoms with Crippen LogP contribution in [0.4, 0.5) is 5.69 Å². The average molecular weight is 372 g/mol. The lowest BCUT2D eigenvalue weighted by molar-refractivity contribution is 0.0995. The van der Waals surface area contributed by atoms with Crippen molar-refractivity contribution in [2.75, 3.05) is 0 Å². The molecule has 0 saturated heterocycles. The number of fused-ring (bicyclic) bond motifs is 1. The quantitative estimate of drug-likeness (QED) is 0.608. The van der Waals surface area contributed by atoms with Gasteiger partial charge in [0.25, 0.3) is 5.91 Å². The Labute approximate surface area is 141 Å². The van der Waals surface area contributed by atoms with Gasteiger partial charge < -0.3 is 10.1 Å². The lowest BCUT2D eigenvalue weighted by atomic mass is 10.1. The number of carbonyl (C=O) groups is 1. The van der Waals surface area contributed by atoms with Crippen LogP contribution < -0.4 is 0 Å². The van der Waals surface area contributed by atoms with Gasteiger partial charge in [-0.3, -0.25) is 4.79 Å². The van der Waals surface area contributed by atoms with Crippen LogP contribution in [0.5, 0.6) is 5.88 Å². The molecule has 5 nitrogen and oxygen atoms in total. The lowest BCUT2D eigenvalue weighted by Gasteiger charge is -1.98. The highest BCUT2D eigenvalue weighted by molar-refractivity contribution is 9.10. The van der Waals surface area contributed by atoms with Gasteiger partial charge in [0.2, 0.25) is 5.88 Å². The third kappa shape index (κ3) is 3.03. The van der Waals surface area contributed by atoms with E-state index < -0.39 is 5.91 Å². The van der Waals surface area contributed by atoms with Gasteiger partial charge in [-0.1, -0.05) is 17.7 Å². The van der Waals surface area contributed by atoms with E-state index in [9.17, 15) is 9.90 Å². The molecule has 0 spiro atoms. The van der Waals surface area contributed by atoms with Gasteiger partial charge in [-0.05, 0) is 59.6 Å². The highest BCUT2D eigenvalue weighted by atomic mass is 79.9. The van der Waals surface area contributed by atoms with E-state index in [2.05, 4.69) is 31.1 Å². The third-order valence-electron chi connectivity index (χ3n) is 3.50. The minimum atomic E-state index is -0.453. The Morgan fingerprint density at radius 1 is 1.13 bits per heavy atom. The number of hydrogen-bond donors (Lipinski definition) is 2. The van der Waals surface area contributed by atoms with Crippen molar-refractivity contribution in [3.05, 3.63) is 57.6 Å². The number of azo groups is 1. The summed E-state index contributed by atoms with van der Waals surface area (Å²) in [5.74, 6) is -0.572. The maximum Gasteiger partial charge on any atom is 0.295 e. The topological polar surface area (TPSA) is 77.8 Å². The van der Waals surface area contributed by atoms with E-state index in [0.29, 0.717) is 16.5 Å². The number of halogens is 1. The van der Waals surface area contributed by atoms with Crippen LogP contribution in [0.3, 0.4) is 0 Å². The van der Waals surface area contributed by atoms with E-state index in [1.54, 1.807) is 12.1 Å². The Hall–Kier alpha value is -2.47. The molecule has 1 aromatic heterocycles. The number of aryl methyl sites for hydroxylation is 2. The lowest BCUT2D eigenvalue weighted by Crippen LogP contribution is -1.92. The van der Waals surface area contributed by atoms with E-state index >= 15 is 0 Å². The third-order valence-corrected chi connectivity index (χ3v) is 4.12. The Balaban J connectivity index is 1.99. The zero-order chi connectivity index (χ0) is 16.6. The molecule has 0 aliphatic carbocycles. The van der Waals surface area contributed by atoms with Gasteiger partial charge in [0.1, 0.15) is 0 Å². The van der Waals surface area contributed by atoms with Crippen LogP contribution >= 0.6 is 15.9 Å². The van der Waals surface area contributed by atoms with E-state index in [1.165, 1.54) is 0 Å². The maximum atomic E-state index is 12.1. The molecule has 1 heterocycles. The fourth-order valence-electron chi connectivity index (χ4n) is 2.31. The summed E-state index contributed by atoms with van der Waals surface area (Å²) in [6, 6.07) is 10.9. The Morgan fingerprint density at radius 3 is 2.52 bits per heavy atom. The molecule has 116 valence electrons. The summed E-state index contributed by atoms with van der Waals surface area (Å²) in [7, 11) is 0. The molecular weight excluding hydrogens is 358 g/mol. The van der Waals surface area contributed by atoms with Crippen molar-refractivity contribution in [3.63, 3.8) is 0 Å². The van der Waals surface area contributed by atoms with Crippen molar-refractivity contribution in [2.24, 2.45) is 10.2 Å². The number of H-pyrrole nitrogens is 1. The smallest absolute Gasteiger partial charge is 0.295 e. The second kappa shape index (κ2) is 5.96. The number of amides is 1. The van der Waals surface area contributed by atoms with Crippen LogP contribution in [-0.4, -0.2) is 16.0 Å². The van der Waals surface area contributed by atoms with Crippen molar-refractivity contribution in [3.8, 4) is 5.88 Å². The molecular formula is C17H14BrN3O2. The first kappa shape index (κ1) is 15.4. The molecule has 0 bridgehead atoms. The number of aromatic nitrogens is 1. The van der Waals surface area contributed by atoms with Crippen LogP contribution in [0.15, 0.2) is 51.1 Å². The molecule has 23 heavy (non-hydrogen) atoms. The summed E-state index contributed by atoms with van der Waals surface area (Å²) in [6.45, 7) is 3.88. The zero-order valence-electron chi connectivity index (χ0n) is 12.6. The molecule has 0 saturated carbocycles. The van der Waals surface area contributed by atoms with E-state index in [-0.39, 0.29) is 11.6 Å². The first-order valence-corrected chi connectivity index (χ1v) is 7.78. The largest absolute Gasteiger partial charge is 0.493 e. The van der Waals surface area contributed by atoms with Crippen LogP contribution in [-0.2, 0) is 0 Å². The number of benzene rings is 2. The number of aromatic amines is 1. The SMILES string of the molecule is Cc1ccc(C(=O)N=Nc2c(O)[nH]c3c(Br)cc(C)cc23)cc1. The Morgan fingerprint density at radius 2 is 1.83 bits per heavy atom. The van der Waals surface area contributed by atoms with Crippen molar-refractivity contribution in [2.45, 2.75) is 13.8 Å². The molecule has 1 amide bonds. The summed E-state index contributed by atoms with van der Waals surface area (Å²) in [5, 5.41) is 18.4. The van der Waals surface area contributed by atoms with Gasteiger partial charge in [0, 0.05) is 15.4 Å². The molecule has 0 fully saturated rings. The first-order chi connectivity index (χ1) is 11.0. The average Bonchev–Trinajstić information content (AvgIpc) is 2.82. The monoisotopic (exact) mass is 371 g/mol. The van der Waals surface area contributed by atoms with Gasteiger partial charge in [0.15, 0.2) is 5.69 Å². The number of nitrogens with zero attached hydrogens (tertiary/aromatic N) is 2. The van der Waals surface area contributed by atoms with Gasteiger partial charge in [0.05, 0.1) is 5.52 Å². The molecule has 0 aliphatic heterocycles. The van der Waals surface area contributed by atoms with E-state index in [1.807, 2.05) is 38.1 Å². The predicted octanol–water partition coefficient (Wildman–Crippen LogP) is 5.18. The van der Waals surface area contributed by atoms with Crippen molar-refractivity contribution in [1.82, 2.24) is 4.98 Å². The minimum Gasteiger partial charge on any atom is -0.493 e. The zero-order valence-corrected chi connectivity index (χ0v) is 14.2. The molecule has 3 rings (SSSR count). The summed E-state index contributed by atoms with van der Waals surface area (Å²) in [6.07, 6.45) is 0. The Bertz CT molecular complexity index is 927. The number of hydrogen-bond acceptors (Lipinski definition) is 3. The standard InChI is InChI=1S/C17H14BrN3O2/c1-9-3-5-11(6-4-9)16(22)21-20-15-12-7-10(2)8-13(18)14(12)19-17(15)23/h3-8,19,23H,1-2H3. The normalized spacial score (nSPS) is 11.4. The van der Waals surface area contributed by atoms with E-state index in [4.69, 9.17) is 0 Å². The second-order valence-electron chi connectivity index (χ2n) is 5.36. The Kier molecular flexibility index (Phi) is 4.00. The molecule has 6 heteroatoms. The van der Waals surface area contributed by atoms with Gasteiger partial charge in [-0.25, -0.2) is 0 Å². The maximum absolute atomic E-state index is 12.1. The van der Waals surface area contributed by atoms with Gasteiger partial charge in [-0.2, -0.15) is 0 Å². The van der Waals surface area contributed by atoms with Crippen LogP contribution in [0, 0.1) is 13.8 Å². The molecule has 0 atom stereocenters. The summed E-state index contributed by atoms with van der Waals surface area (Å²) in [4.78, 5) is 14.9. The van der Waals surface area contributed by atoms with Crippen LogP contribution in [0.2, 0.25) is 0 Å². The van der Waals surface area contributed by atoms with Crippen molar-refractivity contribution < 1.29 is 9.90 Å². The minimum absolute atomic E-state index is 0.119. The summed E-state index contributed by atoms with van der Waals surface area (Å²) in [5.41, 5.74) is 3.49. The summed E-state index contributed by atoms with van der Waals surface area (Å²) < 4.78 is 0.814. The number of nitrogens with one attached hydrogen (secondary N) is 1. The molecule has 2 N–H and O–H groups in total. The molecule has 2 aromatic carbocycles. The fraction of sp³-hybridized carbons (Fsp3) is 0.118. The summed E-state index contributed by atoms with van der Waals surface area (Å²) >= 11 is 3.44. The van der Waals surface area contributed by atoms with Gasteiger partial charge in [-0.15, -0.1) is 10.2 Å². The number of carbonyl (C=O) groups excluding carboxylic acids is 1.